The first kappa shape index (κ1) is 19.2. The number of methoxy groups -OCH3 is 1. The maximum atomic E-state index is 12.1. The predicted octanol–water partition coefficient (Wildman–Crippen LogP) is 3.21. The first-order valence-electron chi connectivity index (χ1n) is 9.69. The van der Waals surface area contributed by atoms with Crippen LogP contribution in [0.4, 0.5) is 4.79 Å². The summed E-state index contributed by atoms with van der Waals surface area (Å²) in [6, 6.07) is 5.60. The van der Waals surface area contributed by atoms with Crippen molar-refractivity contribution >= 4 is 17.1 Å². The van der Waals surface area contributed by atoms with E-state index in [1.54, 1.807) is 19.4 Å². The standard InChI is InChI=1S/C21H25N5O3/c1-21(2,3)29-20(27)23-14-5-6-15-13(11-14)12-26(25-15)17-9-10-22-16-7-8-18(28-4)24-19(16)17/h7-10,12,14H,5-6,11H2,1-4H3,(H,23,27). The molecule has 0 aliphatic heterocycles. The molecule has 3 aromatic heterocycles. The third kappa shape index (κ3) is 4.16. The Kier molecular flexibility index (Phi) is 4.86. The van der Waals surface area contributed by atoms with Crippen LogP contribution < -0.4 is 10.1 Å². The summed E-state index contributed by atoms with van der Waals surface area (Å²) in [4.78, 5) is 21.0. The number of aromatic nitrogens is 4. The zero-order chi connectivity index (χ0) is 20.6. The second kappa shape index (κ2) is 7.35. The average Bonchev–Trinajstić information content (AvgIpc) is 3.08. The minimum Gasteiger partial charge on any atom is -0.481 e. The molecule has 3 aromatic rings. The zero-order valence-corrected chi connectivity index (χ0v) is 17.1. The number of ether oxygens (including phenoxy) is 2. The van der Waals surface area contributed by atoms with Gasteiger partial charge < -0.3 is 14.8 Å². The van der Waals surface area contributed by atoms with Crippen LogP contribution in [0, 0.1) is 0 Å². The fourth-order valence-corrected chi connectivity index (χ4v) is 3.52. The number of aryl methyl sites for hydroxylation is 1. The van der Waals surface area contributed by atoms with E-state index in [1.165, 1.54) is 0 Å². The van der Waals surface area contributed by atoms with Gasteiger partial charge in [0.25, 0.3) is 0 Å². The molecule has 4 rings (SSSR count). The fourth-order valence-electron chi connectivity index (χ4n) is 3.52. The summed E-state index contributed by atoms with van der Waals surface area (Å²) in [6.45, 7) is 5.58. The molecule has 0 bridgehead atoms. The van der Waals surface area contributed by atoms with E-state index in [0.29, 0.717) is 12.3 Å². The quantitative estimate of drug-likeness (QED) is 0.732. The number of hydrogen-bond donors (Lipinski definition) is 1. The van der Waals surface area contributed by atoms with E-state index in [0.717, 1.165) is 40.8 Å². The topological polar surface area (TPSA) is 91.2 Å². The Hall–Kier alpha value is -3.16. The number of fused-ring (bicyclic) bond motifs is 2. The van der Waals surface area contributed by atoms with Crippen molar-refractivity contribution in [2.45, 2.75) is 51.7 Å². The number of carbonyl (C=O) groups is 1. The molecule has 1 aliphatic rings. The Morgan fingerprint density at radius 3 is 2.86 bits per heavy atom. The van der Waals surface area contributed by atoms with E-state index in [-0.39, 0.29) is 12.1 Å². The molecule has 0 radical (unpaired) electrons. The number of nitrogens with zero attached hydrogens (tertiary/aromatic N) is 4. The van der Waals surface area contributed by atoms with Crippen LogP contribution >= 0.6 is 0 Å². The van der Waals surface area contributed by atoms with Gasteiger partial charge in [-0.3, -0.25) is 4.98 Å². The molecule has 152 valence electrons. The number of carbonyl (C=O) groups excluding carboxylic acids is 1. The minimum absolute atomic E-state index is 0.0300. The highest BCUT2D eigenvalue weighted by Crippen LogP contribution is 2.25. The van der Waals surface area contributed by atoms with Gasteiger partial charge in [-0.1, -0.05) is 0 Å². The monoisotopic (exact) mass is 395 g/mol. The van der Waals surface area contributed by atoms with Crippen LogP contribution in [0.1, 0.15) is 38.4 Å². The van der Waals surface area contributed by atoms with E-state index in [9.17, 15) is 4.79 Å². The lowest BCUT2D eigenvalue weighted by Crippen LogP contribution is -2.41. The minimum atomic E-state index is -0.509. The highest BCUT2D eigenvalue weighted by Gasteiger charge is 2.25. The summed E-state index contributed by atoms with van der Waals surface area (Å²) in [6.07, 6.45) is 5.71. The lowest BCUT2D eigenvalue weighted by Gasteiger charge is -2.25. The van der Waals surface area contributed by atoms with Crippen molar-refractivity contribution in [3.8, 4) is 11.6 Å². The smallest absolute Gasteiger partial charge is 0.407 e. The summed E-state index contributed by atoms with van der Waals surface area (Å²) in [5.74, 6) is 0.533. The lowest BCUT2D eigenvalue weighted by atomic mass is 9.94. The molecule has 1 amide bonds. The van der Waals surface area contributed by atoms with Crippen LogP contribution in [0.25, 0.3) is 16.7 Å². The lowest BCUT2D eigenvalue weighted by molar-refractivity contribution is 0.0500. The number of alkyl carbamates (subject to hydrolysis) is 1. The number of amides is 1. The first-order valence-corrected chi connectivity index (χ1v) is 9.69. The number of pyridine rings is 2. The molecule has 3 heterocycles. The van der Waals surface area contributed by atoms with Gasteiger partial charge >= 0.3 is 6.09 Å². The van der Waals surface area contributed by atoms with Gasteiger partial charge in [0.15, 0.2) is 0 Å². The molecule has 1 aliphatic carbocycles. The molecule has 0 fully saturated rings. The third-order valence-corrected chi connectivity index (χ3v) is 4.79. The molecule has 0 saturated heterocycles. The number of rotatable bonds is 3. The molecule has 0 aromatic carbocycles. The molecular formula is C21H25N5O3. The van der Waals surface area contributed by atoms with Gasteiger partial charge in [0, 0.05) is 24.5 Å². The molecule has 1 unspecified atom stereocenters. The van der Waals surface area contributed by atoms with Gasteiger partial charge in [-0.25, -0.2) is 14.5 Å². The number of nitrogens with one attached hydrogen (secondary N) is 1. The predicted molar refractivity (Wildman–Crippen MR) is 108 cm³/mol. The van der Waals surface area contributed by atoms with Crippen LogP contribution in [0.5, 0.6) is 5.88 Å². The van der Waals surface area contributed by atoms with Crippen molar-refractivity contribution in [1.82, 2.24) is 25.1 Å². The van der Waals surface area contributed by atoms with Crippen LogP contribution in [-0.4, -0.2) is 44.6 Å². The van der Waals surface area contributed by atoms with Crippen molar-refractivity contribution in [2.24, 2.45) is 0 Å². The molecule has 1 N–H and O–H groups in total. The van der Waals surface area contributed by atoms with Gasteiger partial charge in [-0.05, 0) is 57.7 Å². The second-order valence-electron chi connectivity index (χ2n) is 8.18. The molecule has 0 saturated carbocycles. The van der Waals surface area contributed by atoms with E-state index in [4.69, 9.17) is 14.6 Å². The molecular weight excluding hydrogens is 370 g/mol. The summed E-state index contributed by atoms with van der Waals surface area (Å²) in [5, 5.41) is 7.74. The Labute approximate surface area is 169 Å². The van der Waals surface area contributed by atoms with Crippen molar-refractivity contribution in [3.05, 3.63) is 41.9 Å². The Morgan fingerprint density at radius 2 is 2.10 bits per heavy atom. The summed E-state index contributed by atoms with van der Waals surface area (Å²) in [7, 11) is 1.59. The van der Waals surface area contributed by atoms with Gasteiger partial charge in [0.2, 0.25) is 5.88 Å². The van der Waals surface area contributed by atoms with Crippen LogP contribution in [-0.2, 0) is 17.6 Å². The molecule has 8 heteroatoms. The molecule has 8 nitrogen and oxygen atoms in total. The van der Waals surface area contributed by atoms with Crippen LogP contribution in [0.2, 0.25) is 0 Å². The fraction of sp³-hybridized carbons (Fsp3) is 0.429. The van der Waals surface area contributed by atoms with Crippen molar-refractivity contribution in [2.75, 3.05) is 7.11 Å². The number of hydrogen-bond acceptors (Lipinski definition) is 6. The van der Waals surface area contributed by atoms with Crippen LogP contribution in [0.3, 0.4) is 0 Å². The van der Waals surface area contributed by atoms with E-state index >= 15 is 0 Å². The Morgan fingerprint density at radius 1 is 1.28 bits per heavy atom. The molecule has 1 atom stereocenters. The van der Waals surface area contributed by atoms with Crippen molar-refractivity contribution in [1.29, 1.82) is 0 Å². The van der Waals surface area contributed by atoms with E-state index < -0.39 is 5.60 Å². The van der Waals surface area contributed by atoms with Gasteiger partial charge in [-0.15, -0.1) is 0 Å². The van der Waals surface area contributed by atoms with E-state index in [2.05, 4.69) is 15.3 Å². The second-order valence-corrected chi connectivity index (χ2v) is 8.18. The average molecular weight is 395 g/mol. The molecule has 29 heavy (non-hydrogen) atoms. The normalized spacial score (nSPS) is 16.3. The Bertz CT molecular complexity index is 1050. The van der Waals surface area contributed by atoms with Gasteiger partial charge in [0.05, 0.1) is 24.0 Å². The highest BCUT2D eigenvalue weighted by molar-refractivity contribution is 5.83. The third-order valence-electron chi connectivity index (χ3n) is 4.79. The SMILES string of the molecule is COc1ccc2nccc(-n3cc4c(n3)CCC(NC(=O)OC(C)(C)C)C4)c2n1. The first-order chi connectivity index (χ1) is 13.8. The summed E-state index contributed by atoms with van der Waals surface area (Å²) in [5.41, 5.74) is 4.01. The van der Waals surface area contributed by atoms with Crippen molar-refractivity contribution in [3.63, 3.8) is 0 Å². The summed E-state index contributed by atoms with van der Waals surface area (Å²) >= 11 is 0. The maximum Gasteiger partial charge on any atom is 0.407 e. The zero-order valence-electron chi connectivity index (χ0n) is 17.1. The van der Waals surface area contributed by atoms with Gasteiger partial charge in [0.1, 0.15) is 11.1 Å². The van der Waals surface area contributed by atoms with Gasteiger partial charge in [-0.2, -0.15) is 5.10 Å². The molecule has 0 spiro atoms. The van der Waals surface area contributed by atoms with Crippen molar-refractivity contribution < 1.29 is 14.3 Å². The van der Waals surface area contributed by atoms with Crippen LogP contribution in [0.15, 0.2) is 30.6 Å². The highest BCUT2D eigenvalue weighted by atomic mass is 16.6. The maximum absolute atomic E-state index is 12.1. The Balaban J connectivity index is 1.58. The summed E-state index contributed by atoms with van der Waals surface area (Å²) < 4.78 is 12.5. The van der Waals surface area contributed by atoms with E-state index in [1.807, 2.05) is 43.8 Å². The largest absolute Gasteiger partial charge is 0.481 e.